The predicted molar refractivity (Wildman–Crippen MR) is 78.7 cm³/mol. The second kappa shape index (κ2) is 5.54. The van der Waals surface area contributed by atoms with Crippen LogP contribution in [0.25, 0.3) is 0 Å². The minimum absolute atomic E-state index is 0.137. The number of aryl methyl sites for hydroxylation is 1. The summed E-state index contributed by atoms with van der Waals surface area (Å²) in [5.74, 6) is 0.128. The fourth-order valence-electron chi connectivity index (χ4n) is 1.56. The van der Waals surface area contributed by atoms with Crippen molar-refractivity contribution < 1.29 is 4.79 Å². The van der Waals surface area contributed by atoms with Gasteiger partial charge in [0.1, 0.15) is 10.7 Å². The summed E-state index contributed by atoms with van der Waals surface area (Å²) in [6.07, 6.45) is 0. The largest absolute Gasteiger partial charge is 0.382 e. The Hall–Kier alpha value is -1.67. The molecule has 2 aromatic heterocycles. The maximum Gasteiger partial charge on any atom is 0.267 e. The molecule has 0 fully saturated rings. The van der Waals surface area contributed by atoms with Gasteiger partial charge in [0.25, 0.3) is 5.91 Å². The van der Waals surface area contributed by atoms with Crippen molar-refractivity contribution in [1.82, 2.24) is 14.9 Å². The van der Waals surface area contributed by atoms with Gasteiger partial charge in [-0.1, -0.05) is 11.3 Å². The zero-order valence-electron chi connectivity index (χ0n) is 10.9. The van der Waals surface area contributed by atoms with Crippen molar-refractivity contribution in [2.24, 2.45) is 0 Å². The van der Waals surface area contributed by atoms with Crippen LogP contribution in [-0.4, -0.2) is 34.9 Å². The number of nitrogens with two attached hydrogens (primary N) is 1. The lowest BCUT2D eigenvalue weighted by Crippen LogP contribution is -2.26. The fraction of sp³-hybridized carbons (Fsp3) is 0.364. The number of aromatic nitrogens is 2. The monoisotopic (exact) mass is 297 g/mol. The highest BCUT2D eigenvalue weighted by Crippen LogP contribution is 2.26. The molecule has 0 saturated heterocycles. The zero-order chi connectivity index (χ0) is 14.0. The third kappa shape index (κ3) is 3.02. The average Bonchev–Trinajstić information content (AvgIpc) is 2.94. The summed E-state index contributed by atoms with van der Waals surface area (Å²) in [6.45, 7) is 2.41. The van der Waals surface area contributed by atoms with Crippen molar-refractivity contribution in [3.63, 3.8) is 0 Å². The molecule has 0 unspecified atom stereocenters. The van der Waals surface area contributed by atoms with Crippen LogP contribution >= 0.6 is 22.7 Å². The summed E-state index contributed by atoms with van der Waals surface area (Å²) >= 11 is 2.83. The van der Waals surface area contributed by atoms with Crippen molar-refractivity contribution in [2.45, 2.75) is 13.5 Å². The highest BCUT2D eigenvalue weighted by atomic mass is 32.1. The van der Waals surface area contributed by atoms with Gasteiger partial charge in [0, 0.05) is 19.5 Å². The number of anilines is 2. The van der Waals surface area contributed by atoms with E-state index in [1.54, 1.807) is 30.3 Å². The fourth-order valence-corrected chi connectivity index (χ4v) is 3.00. The molecule has 19 heavy (non-hydrogen) atoms. The molecule has 0 aromatic carbocycles. The van der Waals surface area contributed by atoms with Crippen molar-refractivity contribution in [3.05, 3.63) is 21.0 Å². The molecule has 2 aromatic rings. The lowest BCUT2D eigenvalue weighted by molar-refractivity contribution is 0.0789. The molecule has 102 valence electrons. The molecule has 0 aliphatic carbocycles. The van der Waals surface area contributed by atoms with Crippen LogP contribution in [-0.2, 0) is 6.54 Å². The summed E-state index contributed by atoms with van der Waals surface area (Å²) < 4.78 is 0. The van der Waals surface area contributed by atoms with E-state index in [0.717, 1.165) is 10.7 Å². The Labute approximate surface area is 119 Å². The first-order chi connectivity index (χ1) is 9.01. The van der Waals surface area contributed by atoms with Crippen LogP contribution in [0, 0.1) is 6.92 Å². The number of nitrogens with one attached hydrogen (secondary N) is 1. The molecule has 3 N–H and O–H groups in total. The number of hydrogen-bond acceptors (Lipinski definition) is 7. The van der Waals surface area contributed by atoms with E-state index >= 15 is 0 Å². The molecule has 0 aliphatic rings. The third-order valence-corrected chi connectivity index (χ3v) is 4.37. The van der Waals surface area contributed by atoms with E-state index in [9.17, 15) is 4.79 Å². The molecule has 0 aliphatic heterocycles. The second-order valence-corrected chi connectivity index (χ2v) is 6.06. The van der Waals surface area contributed by atoms with E-state index in [2.05, 4.69) is 15.3 Å². The molecule has 0 atom stereocenters. The van der Waals surface area contributed by atoms with Crippen molar-refractivity contribution in [3.8, 4) is 0 Å². The van der Waals surface area contributed by atoms with E-state index in [1.165, 1.54) is 11.3 Å². The molecule has 0 spiro atoms. The normalized spacial score (nSPS) is 10.5. The Kier molecular flexibility index (Phi) is 4.01. The van der Waals surface area contributed by atoms with Gasteiger partial charge in [0.15, 0.2) is 5.13 Å². The van der Waals surface area contributed by atoms with E-state index in [0.29, 0.717) is 16.6 Å². The molecule has 0 saturated carbocycles. The van der Waals surface area contributed by atoms with Crippen LogP contribution in [0.4, 0.5) is 10.9 Å². The van der Waals surface area contributed by atoms with Crippen molar-refractivity contribution >= 4 is 39.5 Å². The van der Waals surface area contributed by atoms with Gasteiger partial charge in [-0.05, 0) is 6.92 Å². The summed E-state index contributed by atoms with van der Waals surface area (Å²) in [5, 5.41) is 6.46. The Balaban J connectivity index is 2.12. The summed E-state index contributed by atoms with van der Waals surface area (Å²) in [5.41, 5.74) is 6.64. The van der Waals surface area contributed by atoms with Gasteiger partial charge in [-0.2, -0.15) is 0 Å². The molecule has 8 heteroatoms. The number of carbonyl (C=O) groups excluding carboxylic acids is 1. The van der Waals surface area contributed by atoms with Crippen LogP contribution < -0.4 is 11.1 Å². The first-order valence-electron chi connectivity index (χ1n) is 5.61. The Bertz CT molecular complexity index is 592. The minimum Gasteiger partial charge on any atom is -0.382 e. The first-order valence-corrected chi connectivity index (χ1v) is 7.31. The van der Waals surface area contributed by atoms with E-state index in [-0.39, 0.29) is 11.7 Å². The molecule has 0 radical (unpaired) electrons. The summed E-state index contributed by atoms with van der Waals surface area (Å²) in [6, 6.07) is 0. The number of carbonyl (C=O) groups is 1. The molecular weight excluding hydrogens is 282 g/mol. The number of hydrogen-bond donors (Lipinski definition) is 2. The van der Waals surface area contributed by atoms with Crippen LogP contribution in [0.15, 0.2) is 5.38 Å². The lowest BCUT2D eigenvalue weighted by Gasteiger charge is -2.14. The number of rotatable bonds is 4. The number of nitrogens with zero attached hydrogens (tertiary/aromatic N) is 3. The molecule has 6 nitrogen and oxygen atoms in total. The third-order valence-electron chi connectivity index (χ3n) is 2.47. The molecule has 0 bridgehead atoms. The maximum absolute atomic E-state index is 12.3. The zero-order valence-corrected chi connectivity index (χ0v) is 12.6. The van der Waals surface area contributed by atoms with Gasteiger partial charge in [0.2, 0.25) is 0 Å². The Morgan fingerprint density at radius 2 is 2.26 bits per heavy atom. The van der Waals surface area contributed by atoms with E-state index in [4.69, 9.17) is 5.73 Å². The SMILES string of the molecule is CNc1nc(N)c(C(=O)N(C)Cc2csc(C)n2)s1. The summed E-state index contributed by atoms with van der Waals surface area (Å²) in [7, 11) is 3.48. The van der Waals surface area contributed by atoms with Crippen LogP contribution in [0.5, 0.6) is 0 Å². The quantitative estimate of drug-likeness (QED) is 0.899. The van der Waals surface area contributed by atoms with Gasteiger partial charge >= 0.3 is 0 Å². The van der Waals surface area contributed by atoms with Gasteiger partial charge in [0.05, 0.1) is 17.2 Å². The highest BCUT2D eigenvalue weighted by Gasteiger charge is 2.20. The van der Waals surface area contributed by atoms with Gasteiger partial charge in [-0.15, -0.1) is 11.3 Å². The predicted octanol–water partition coefficient (Wildman–Crippen LogP) is 1.80. The number of amides is 1. The van der Waals surface area contributed by atoms with Crippen molar-refractivity contribution in [1.29, 1.82) is 0 Å². The Morgan fingerprint density at radius 1 is 1.53 bits per heavy atom. The van der Waals surface area contributed by atoms with Crippen LogP contribution in [0.1, 0.15) is 20.4 Å². The van der Waals surface area contributed by atoms with Crippen LogP contribution in [0.2, 0.25) is 0 Å². The van der Waals surface area contributed by atoms with Crippen molar-refractivity contribution in [2.75, 3.05) is 25.1 Å². The molecular formula is C11H15N5OS2. The van der Waals surface area contributed by atoms with E-state index < -0.39 is 0 Å². The Morgan fingerprint density at radius 3 is 2.79 bits per heavy atom. The minimum atomic E-state index is -0.137. The van der Waals surface area contributed by atoms with Gasteiger partial charge < -0.3 is 16.0 Å². The standard InChI is InChI=1S/C11H15N5OS2/c1-6-14-7(5-18-6)4-16(3)10(17)8-9(12)15-11(13-2)19-8/h5H,4,12H2,1-3H3,(H,13,15). The van der Waals surface area contributed by atoms with Crippen LogP contribution in [0.3, 0.4) is 0 Å². The second-order valence-electron chi connectivity index (χ2n) is 4.00. The average molecular weight is 297 g/mol. The topological polar surface area (TPSA) is 84.1 Å². The maximum atomic E-state index is 12.3. The lowest BCUT2D eigenvalue weighted by atomic mass is 10.4. The smallest absolute Gasteiger partial charge is 0.267 e. The molecule has 1 amide bonds. The van der Waals surface area contributed by atoms with Gasteiger partial charge in [-0.25, -0.2) is 9.97 Å². The first kappa shape index (κ1) is 13.8. The number of thiazole rings is 2. The summed E-state index contributed by atoms with van der Waals surface area (Å²) in [4.78, 5) is 22.7. The molecule has 2 rings (SSSR count). The van der Waals surface area contributed by atoms with E-state index in [1.807, 2.05) is 12.3 Å². The highest BCUT2D eigenvalue weighted by molar-refractivity contribution is 7.18. The number of nitrogen functional groups attached to an aromatic ring is 1. The van der Waals surface area contributed by atoms with Gasteiger partial charge in [-0.3, -0.25) is 4.79 Å². The molecule has 2 heterocycles.